The maximum atomic E-state index is 5.43. The summed E-state index contributed by atoms with van der Waals surface area (Å²) in [5.41, 5.74) is 0. The Morgan fingerprint density at radius 3 is 2.65 bits per heavy atom. The van der Waals surface area contributed by atoms with Crippen molar-refractivity contribution in [2.24, 2.45) is 5.92 Å². The monoisotopic (exact) mass is 279 g/mol. The predicted molar refractivity (Wildman–Crippen MR) is 80.4 cm³/mol. The van der Waals surface area contributed by atoms with Crippen LogP contribution in [0, 0.1) is 5.92 Å². The molecular weight excluding hydrogens is 254 g/mol. The molecule has 1 heterocycles. The molecule has 1 aromatic heterocycles. The summed E-state index contributed by atoms with van der Waals surface area (Å²) in [6.07, 6.45) is 5.01. The summed E-state index contributed by atoms with van der Waals surface area (Å²) in [6, 6.07) is 0.400. The van der Waals surface area contributed by atoms with Crippen LogP contribution in [0.4, 0.5) is 11.9 Å². The number of hydrogen-bond donors (Lipinski definition) is 1. The molecule has 0 unspecified atom stereocenters. The van der Waals surface area contributed by atoms with Crippen LogP contribution in [0.25, 0.3) is 0 Å². The quantitative estimate of drug-likeness (QED) is 0.788. The molecule has 0 bridgehead atoms. The largest absolute Gasteiger partial charge is 0.464 e. The van der Waals surface area contributed by atoms with E-state index < -0.39 is 0 Å². The highest BCUT2D eigenvalue weighted by atomic mass is 16.5. The van der Waals surface area contributed by atoms with Gasteiger partial charge in [-0.15, -0.1) is 0 Å². The number of rotatable bonds is 8. The van der Waals surface area contributed by atoms with Gasteiger partial charge in [0.25, 0.3) is 0 Å². The van der Waals surface area contributed by atoms with Crippen molar-refractivity contribution < 1.29 is 4.74 Å². The van der Waals surface area contributed by atoms with E-state index in [1.807, 2.05) is 14.0 Å². The van der Waals surface area contributed by atoms with E-state index in [4.69, 9.17) is 4.74 Å². The number of nitrogens with one attached hydrogen (secondary N) is 1. The normalized spacial score (nSPS) is 14.8. The average Bonchev–Trinajstić information content (AvgIpc) is 2.40. The second kappa shape index (κ2) is 7.26. The zero-order valence-electron chi connectivity index (χ0n) is 12.7. The highest BCUT2D eigenvalue weighted by molar-refractivity contribution is 5.37. The van der Waals surface area contributed by atoms with Crippen LogP contribution in [-0.2, 0) is 0 Å². The summed E-state index contributed by atoms with van der Waals surface area (Å²) >= 11 is 0. The molecule has 0 saturated heterocycles. The molecule has 1 aromatic rings. The molecule has 1 N–H and O–H groups in total. The van der Waals surface area contributed by atoms with Crippen LogP contribution in [0.1, 0.15) is 39.5 Å². The van der Waals surface area contributed by atoms with Gasteiger partial charge in [0.2, 0.25) is 11.9 Å². The van der Waals surface area contributed by atoms with Crippen LogP contribution in [0.3, 0.4) is 0 Å². The first-order valence-electron chi connectivity index (χ1n) is 7.56. The lowest BCUT2D eigenvalue weighted by molar-refractivity contribution is 0.308. The highest BCUT2D eigenvalue weighted by Gasteiger charge is 2.21. The maximum absolute atomic E-state index is 5.43. The second-order valence-corrected chi connectivity index (χ2v) is 5.28. The SMILES string of the molecule is CCCNc1nc(OCC)nc(N(C)CC2CCC2)n1. The van der Waals surface area contributed by atoms with Gasteiger partial charge in [-0.1, -0.05) is 13.3 Å². The van der Waals surface area contributed by atoms with Gasteiger partial charge >= 0.3 is 6.01 Å². The minimum absolute atomic E-state index is 0.400. The number of aromatic nitrogens is 3. The Balaban J connectivity index is 2.09. The molecule has 1 aliphatic rings. The zero-order valence-corrected chi connectivity index (χ0v) is 12.7. The first-order chi connectivity index (χ1) is 9.72. The maximum Gasteiger partial charge on any atom is 0.323 e. The van der Waals surface area contributed by atoms with Gasteiger partial charge in [0, 0.05) is 20.1 Å². The van der Waals surface area contributed by atoms with Crippen molar-refractivity contribution in [1.29, 1.82) is 0 Å². The minimum Gasteiger partial charge on any atom is -0.464 e. The average molecular weight is 279 g/mol. The molecule has 20 heavy (non-hydrogen) atoms. The fourth-order valence-electron chi connectivity index (χ4n) is 2.17. The first kappa shape index (κ1) is 14.8. The number of anilines is 2. The smallest absolute Gasteiger partial charge is 0.323 e. The molecule has 1 saturated carbocycles. The number of ether oxygens (including phenoxy) is 1. The van der Waals surface area contributed by atoms with E-state index in [2.05, 4.69) is 32.1 Å². The minimum atomic E-state index is 0.400. The van der Waals surface area contributed by atoms with Gasteiger partial charge in [-0.2, -0.15) is 15.0 Å². The van der Waals surface area contributed by atoms with E-state index in [1.54, 1.807) is 0 Å². The molecule has 0 aliphatic heterocycles. The Kier molecular flexibility index (Phi) is 5.38. The van der Waals surface area contributed by atoms with Crippen molar-refractivity contribution >= 4 is 11.9 Å². The second-order valence-electron chi connectivity index (χ2n) is 5.28. The molecule has 0 atom stereocenters. The Hall–Kier alpha value is -1.59. The van der Waals surface area contributed by atoms with E-state index in [9.17, 15) is 0 Å². The van der Waals surface area contributed by atoms with E-state index in [0.717, 1.165) is 25.4 Å². The Morgan fingerprint density at radius 1 is 1.25 bits per heavy atom. The molecule has 6 heteroatoms. The van der Waals surface area contributed by atoms with Gasteiger partial charge in [0.05, 0.1) is 6.61 Å². The van der Waals surface area contributed by atoms with E-state index in [-0.39, 0.29) is 0 Å². The van der Waals surface area contributed by atoms with Crippen LogP contribution >= 0.6 is 0 Å². The number of nitrogens with zero attached hydrogens (tertiary/aromatic N) is 4. The van der Waals surface area contributed by atoms with Crippen LogP contribution < -0.4 is 15.0 Å². The van der Waals surface area contributed by atoms with Crippen molar-refractivity contribution in [1.82, 2.24) is 15.0 Å². The van der Waals surface area contributed by atoms with Gasteiger partial charge in [0.1, 0.15) is 0 Å². The van der Waals surface area contributed by atoms with Crippen molar-refractivity contribution in [3.63, 3.8) is 0 Å². The van der Waals surface area contributed by atoms with Crippen molar-refractivity contribution in [3.05, 3.63) is 0 Å². The summed E-state index contributed by atoms with van der Waals surface area (Å²) in [7, 11) is 2.03. The zero-order chi connectivity index (χ0) is 14.4. The van der Waals surface area contributed by atoms with Gasteiger partial charge in [-0.3, -0.25) is 0 Å². The third-order valence-corrected chi connectivity index (χ3v) is 3.51. The first-order valence-corrected chi connectivity index (χ1v) is 7.56. The molecule has 0 aromatic carbocycles. The summed E-state index contributed by atoms with van der Waals surface area (Å²) in [5, 5.41) is 3.20. The lowest BCUT2D eigenvalue weighted by Crippen LogP contribution is -2.30. The van der Waals surface area contributed by atoms with Gasteiger partial charge < -0.3 is 15.0 Å². The Bertz CT molecular complexity index is 422. The van der Waals surface area contributed by atoms with E-state index in [0.29, 0.717) is 24.5 Å². The Labute approximate surface area is 121 Å². The molecule has 1 fully saturated rings. The standard InChI is InChI=1S/C14H25N5O/c1-4-9-15-12-16-13(18-14(17-12)20-5-2)19(3)10-11-7-6-8-11/h11H,4-10H2,1-3H3,(H,15,16,17,18). The van der Waals surface area contributed by atoms with Crippen LogP contribution in [-0.4, -0.2) is 41.7 Å². The third kappa shape index (κ3) is 3.95. The summed E-state index contributed by atoms with van der Waals surface area (Å²) in [5.74, 6) is 2.06. The van der Waals surface area contributed by atoms with Gasteiger partial charge in [-0.25, -0.2) is 0 Å². The fourth-order valence-corrected chi connectivity index (χ4v) is 2.17. The molecule has 0 radical (unpaired) electrons. The summed E-state index contributed by atoms with van der Waals surface area (Å²) in [4.78, 5) is 15.2. The van der Waals surface area contributed by atoms with Crippen LogP contribution in [0.5, 0.6) is 6.01 Å². The lowest BCUT2D eigenvalue weighted by atomic mass is 9.85. The van der Waals surface area contributed by atoms with Gasteiger partial charge in [-0.05, 0) is 32.1 Å². The molecule has 112 valence electrons. The lowest BCUT2D eigenvalue weighted by Gasteiger charge is -2.30. The van der Waals surface area contributed by atoms with Crippen LogP contribution in [0.2, 0.25) is 0 Å². The van der Waals surface area contributed by atoms with E-state index >= 15 is 0 Å². The summed E-state index contributed by atoms with van der Waals surface area (Å²) < 4.78 is 5.43. The summed E-state index contributed by atoms with van der Waals surface area (Å²) in [6.45, 7) is 6.45. The molecule has 6 nitrogen and oxygen atoms in total. The molecule has 0 spiro atoms. The predicted octanol–water partition coefficient (Wildman–Crippen LogP) is 2.33. The highest BCUT2D eigenvalue weighted by Crippen LogP contribution is 2.28. The van der Waals surface area contributed by atoms with E-state index in [1.165, 1.54) is 19.3 Å². The third-order valence-electron chi connectivity index (χ3n) is 3.51. The topological polar surface area (TPSA) is 63.2 Å². The van der Waals surface area contributed by atoms with Crippen LogP contribution in [0.15, 0.2) is 0 Å². The van der Waals surface area contributed by atoms with Crippen molar-refractivity contribution in [3.8, 4) is 6.01 Å². The Morgan fingerprint density at radius 2 is 2.05 bits per heavy atom. The van der Waals surface area contributed by atoms with Gasteiger partial charge in [0.15, 0.2) is 0 Å². The molecule has 0 amide bonds. The van der Waals surface area contributed by atoms with Crippen molar-refractivity contribution in [2.45, 2.75) is 39.5 Å². The molecular formula is C14H25N5O. The number of hydrogen-bond acceptors (Lipinski definition) is 6. The molecule has 1 aliphatic carbocycles. The fraction of sp³-hybridized carbons (Fsp3) is 0.786. The van der Waals surface area contributed by atoms with Crippen molar-refractivity contribution in [2.75, 3.05) is 37.0 Å². The molecule has 2 rings (SSSR count).